The second-order valence-electron chi connectivity index (χ2n) is 5.45. The SMILES string of the molecule is Oc1cc2ccccc2cc1NCCCN1CCOCC1. The van der Waals surface area contributed by atoms with E-state index < -0.39 is 0 Å². The number of fused-ring (bicyclic) bond motifs is 1. The first-order valence-corrected chi connectivity index (χ1v) is 7.59. The first-order valence-electron chi connectivity index (χ1n) is 7.59. The van der Waals surface area contributed by atoms with Crippen LogP contribution in [-0.2, 0) is 4.74 Å². The van der Waals surface area contributed by atoms with Gasteiger partial charge in [-0.15, -0.1) is 0 Å². The third-order valence-corrected chi connectivity index (χ3v) is 3.93. The monoisotopic (exact) mass is 286 g/mol. The van der Waals surface area contributed by atoms with Gasteiger partial charge in [0.2, 0.25) is 0 Å². The number of rotatable bonds is 5. The third-order valence-electron chi connectivity index (χ3n) is 3.93. The zero-order valence-corrected chi connectivity index (χ0v) is 12.2. The summed E-state index contributed by atoms with van der Waals surface area (Å²) in [4.78, 5) is 2.42. The quantitative estimate of drug-likeness (QED) is 0.655. The molecule has 0 unspecified atom stereocenters. The van der Waals surface area contributed by atoms with E-state index in [-0.39, 0.29) is 0 Å². The van der Waals surface area contributed by atoms with Crippen LogP contribution in [0.3, 0.4) is 0 Å². The number of phenols is 1. The van der Waals surface area contributed by atoms with Gasteiger partial charge in [-0.3, -0.25) is 4.90 Å². The standard InChI is InChI=1S/C17H22N2O2/c20-17-13-15-5-2-1-4-14(15)12-16(17)18-6-3-7-19-8-10-21-11-9-19/h1-2,4-5,12-13,18,20H,3,6-11H2. The molecule has 0 radical (unpaired) electrons. The van der Waals surface area contributed by atoms with Gasteiger partial charge in [-0.05, 0) is 35.9 Å². The van der Waals surface area contributed by atoms with Crippen LogP contribution in [-0.4, -0.2) is 49.4 Å². The molecule has 0 aliphatic carbocycles. The maximum atomic E-state index is 10.1. The van der Waals surface area contributed by atoms with E-state index in [1.54, 1.807) is 0 Å². The van der Waals surface area contributed by atoms with Crippen molar-refractivity contribution in [3.05, 3.63) is 36.4 Å². The average molecular weight is 286 g/mol. The number of ether oxygens (including phenoxy) is 1. The molecule has 0 bridgehead atoms. The van der Waals surface area contributed by atoms with Crippen molar-refractivity contribution >= 4 is 16.5 Å². The fourth-order valence-electron chi connectivity index (χ4n) is 2.72. The van der Waals surface area contributed by atoms with E-state index in [9.17, 15) is 5.11 Å². The molecule has 0 aromatic heterocycles. The first kappa shape index (κ1) is 14.2. The summed E-state index contributed by atoms with van der Waals surface area (Å²) in [5.74, 6) is 0.320. The maximum absolute atomic E-state index is 10.1. The van der Waals surface area contributed by atoms with Crippen molar-refractivity contribution in [2.75, 3.05) is 44.7 Å². The van der Waals surface area contributed by atoms with Crippen LogP contribution < -0.4 is 5.32 Å². The van der Waals surface area contributed by atoms with Crippen LogP contribution in [0.2, 0.25) is 0 Å². The summed E-state index contributed by atoms with van der Waals surface area (Å²) in [5, 5.41) is 15.6. The van der Waals surface area contributed by atoms with Gasteiger partial charge in [0.05, 0.1) is 18.9 Å². The van der Waals surface area contributed by atoms with Gasteiger partial charge in [0, 0.05) is 19.6 Å². The summed E-state index contributed by atoms with van der Waals surface area (Å²) in [6.45, 7) is 5.69. The molecule has 1 saturated heterocycles. The molecule has 0 atom stereocenters. The van der Waals surface area contributed by atoms with Crippen LogP contribution in [0.4, 0.5) is 5.69 Å². The molecule has 1 aliphatic rings. The highest BCUT2D eigenvalue weighted by Crippen LogP contribution is 2.29. The van der Waals surface area contributed by atoms with Crippen LogP contribution in [0.1, 0.15) is 6.42 Å². The Morgan fingerprint density at radius 2 is 1.81 bits per heavy atom. The van der Waals surface area contributed by atoms with Crippen molar-refractivity contribution in [3.8, 4) is 5.75 Å². The number of phenolic OH excluding ortho intramolecular Hbond substituents is 1. The molecule has 0 spiro atoms. The molecule has 2 aromatic carbocycles. The molecule has 0 amide bonds. The van der Waals surface area contributed by atoms with Gasteiger partial charge in [-0.1, -0.05) is 24.3 Å². The molecule has 1 aliphatic heterocycles. The summed E-state index contributed by atoms with van der Waals surface area (Å²) in [7, 11) is 0. The Bertz CT molecular complexity index is 594. The van der Waals surface area contributed by atoms with E-state index in [4.69, 9.17) is 4.74 Å². The molecule has 112 valence electrons. The van der Waals surface area contributed by atoms with Gasteiger partial charge in [0.15, 0.2) is 0 Å². The molecule has 1 heterocycles. The second-order valence-corrected chi connectivity index (χ2v) is 5.45. The zero-order chi connectivity index (χ0) is 14.5. The Morgan fingerprint density at radius 1 is 1.10 bits per heavy atom. The fourth-order valence-corrected chi connectivity index (χ4v) is 2.72. The summed E-state index contributed by atoms with van der Waals surface area (Å²) in [6.07, 6.45) is 1.06. The van der Waals surface area contributed by atoms with E-state index in [1.807, 2.05) is 30.3 Å². The molecular formula is C17H22N2O2. The van der Waals surface area contributed by atoms with E-state index in [2.05, 4.69) is 16.3 Å². The van der Waals surface area contributed by atoms with E-state index in [0.717, 1.165) is 62.3 Å². The number of hydrogen-bond donors (Lipinski definition) is 2. The number of hydrogen-bond acceptors (Lipinski definition) is 4. The van der Waals surface area contributed by atoms with Gasteiger partial charge in [0.25, 0.3) is 0 Å². The van der Waals surface area contributed by atoms with Crippen molar-refractivity contribution in [2.24, 2.45) is 0 Å². The summed E-state index contributed by atoms with van der Waals surface area (Å²) >= 11 is 0. The summed E-state index contributed by atoms with van der Waals surface area (Å²) < 4.78 is 5.34. The average Bonchev–Trinajstić information content (AvgIpc) is 2.53. The molecule has 1 fully saturated rings. The van der Waals surface area contributed by atoms with Gasteiger partial charge in [0.1, 0.15) is 5.75 Å². The molecule has 0 saturated carbocycles. The Labute approximate surface area is 125 Å². The van der Waals surface area contributed by atoms with Crippen LogP contribution >= 0.6 is 0 Å². The van der Waals surface area contributed by atoms with E-state index >= 15 is 0 Å². The van der Waals surface area contributed by atoms with Crippen molar-refractivity contribution in [1.29, 1.82) is 0 Å². The van der Waals surface area contributed by atoms with Gasteiger partial charge < -0.3 is 15.2 Å². The molecular weight excluding hydrogens is 264 g/mol. The maximum Gasteiger partial charge on any atom is 0.139 e. The Hall–Kier alpha value is -1.78. The van der Waals surface area contributed by atoms with Crippen LogP contribution in [0, 0.1) is 0 Å². The number of nitrogens with one attached hydrogen (secondary N) is 1. The van der Waals surface area contributed by atoms with Crippen LogP contribution in [0.5, 0.6) is 5.75 Å². The Balaban J connectivity index is 1.53. The van der Waals surface area contributed by atoms with Crippen molar-refractivity contribution < 1.29 is 9.84 Å². The van der Waals surface area contributed by atoms with Crippen molar-refractivity contribution in [1.82, 2.24) is 4.90 Å². The molecule has 3 rings (SSSR count). The lowest BCUT2D eigenvalue weighted by Gasteiger charge is -2.26. The highest BCUT2D eigenvalue weighted by molar-refractivity contribution is 5.88. The molecule has 4 nitrogen and oxygen atoms in total. The van der Waals surface area contributed by atoms with Crippen molar-refractivity contribution in [2.45, 2.75) is 6.42 Å². The molecule has 2 aromatic rings. The van der Waals surface area contributed by atoms with E-state index in [0.29, 0.717) is 5.75 Å². The lowest BCUT2D eigenvalue weighted by atomic mass is 10.1. The van der Waals surface area contributed by atoms with E-state index in [1.165, 1.54) is 0 Å². The van der Waals surface area contributed by atoms with Gasteiger partial charge in [-0.25, -0.2) is 0 Å². The molecule has 4 heteroatoms. The first-order chi connectivity index (χ1) is 10.3. The van der Waals surface area contributed by atoms with Gasteiger partial charge >= 0.3 is 0 Å². The lowest BCUT2D eigenvalue weighted by molar-refractivity contribution is 0.0378. The van der Waals surface area contributed by atoms with Crippen LogP contribution in [0.15, 0.2) is 36.4 Å². The minimum Gasteiger partial charge on any atom is -0.506 e. The minimum atomic E-state index is 0.320. The number of benzene rings is 2. The van der Waals surface area contributed by atoms with Gasteiger partial charge in [-0.2, -0.15) is 0 Å². The predicted octanol–water partition coefficient (Wildman–Crippen LogP) is 2.68. The number of morpholine rings is 1. The molecule has 2 N–H and O–H groups in total. The highest BCUT2D eigenvalue weighted by Gasteiger charge is 2.09. The Morgan fingerprint density at radius 3 is 2.57 bits per heavy atom. The molecule has 21 heavy (non-hydrogen) atoms. The normalized spacial score (nSPS) is 16.2. The highest BCUT2D eigenvalue weighted by atomic mass is 16.5. The zero-order valence-electron chi connectivity index (χ0n) is 12.2. The lowest BCUT2D eigenvalue weighted by Crippen LogP contribution is -2.37. The minimum absolute atomic E-state index is 0.320. The summed E-state index contributed by atoms with van der Waals surface area (Å²) in [6, 6.07) is 11.9. The predicted molar refractivity (Wildman–Crippen MR) is 86.0 cm³/mol. The summed E-state index contributed by atoms with van der Waals surface area (Å²) in [5.41, 5.74) is 0.815. The Kier molecular flexibility index (Phi) is 4.58. The second kappa shape index (κ2) is 6.78. The largest absolute Gasteiger partial charge is 0.506 e. The third kappa shape index (κ3) is 3.65. The fraction of sp³-hybridized carbons (Fsp3) is 0.412. The topological polar surface area (TPSA) is 44.7 Å². The smallest absolute Gasteiger partial charge is 0.139 e. The number of nitrogens with zero attached hydrogens (tertiary/aromatic N) is 1. The number of aromatic hydroxyl groups is 1. The van der Waals surface area contributed by atoms with Crippen molar-refractivity contribution in [3.63, 3.8) is 0 Å². The number of anilines is 1. The van der Waals surface area contributed by atoms with Crippen LogP contribution in [0.25, 0.3) is 10.8 Å².